The molecular formula is C9H8N2O2. The third-order valence-corrected chi connectivity index (χ3v) is 2.01. The van der Waals surface area contributed by atoms with Gasteiger partial charge in [0.1, 0.15) is 5.56 Å². The van der Waals surface area contributed by atoms with Gasteiger partial charge in [-0.2, -0.15) is 0 Å². The van der Waals surface area contributed by atoms with Gasteiger partial charge in [-0.25, -0.2) is 4.79 Å². The Bertz CT molecular complexity index is 473. The van der Waals surface area contributed by atoms with Crippen LogP contribution in [0.1, 0.15) is 10.4 Å². The largest absolute Gasteiger partial charge is 0.478 e. The summed E-state index contributed by atoms with van der Waals surface area (Å²) < 4.78 is 1.78. The first-order valence-electron chi connectivity index (χ1n) is 3.82. The summed E-state index contributed by atoms with van der Waals surface area (Å²) in [7, 11) is 1.81. The summed E-state index contributed by atoms with van der Waals surface area (Å²) in [6, 6.07) is 1.84. The fraction of sp³-hybridized carbons (Fsp3) is 0.111. The van der Waals surface area contributed by atoms with Crippen molar-refractivity contribution in [3.63, 3.8) is 0 Å². The highest BCUT2D eigenvalue weighted by Crippen LogP contribution is 2.17. The minimum absolute atomic E-state index is 0.241. The van der Waals surface area contributed by atoms with Gasteiger partial charge in [0.15, 0.2) is 0 Å². The van der Waals surface area contributed by atoms with Crippen molar-refractivity contribution in [2.75, 3.05) is 0 Å². The Morgan fingerprint density at radius 1 is 1.54 bits per heavy atom. The van der Waals surface area contributed by atoms with E-state index >= 15 is 0 Å². The molecule has 2 heterocycles. The average molecular weight is 176 g/mol. The minimum atomic E-state index is -0.945. The highest BCUT2D eigenvalue weighted by atomic mass is 16.4. The highest BCUT2D eigenvalue weighted by Gasteiger charge is 2.10. The van der Waals surface area contributed by atoms with E-state index in [0.717, 1.165) is 5.39 Å². The van der Waals surface area contributed by atoms with Crippen LogP contribution in [0.3, 0.4) is 0 Å². The summed E-state index contributed by atoms with van der Waals surface area (Å²) in [6.07, 6.45) is 4.84. The van der Waals surface area contributed by atoms with E-state index in [-0.39, 0.29) is 5.56 Å². The van der Waals surface area contributed by atoms with Crippen LogP contribution >= 0.6 is 0 Å². The first-order valence-corrected chi connectivity index (χ1v) is 3.82. The molecule has 0 radical (unpaired) electrons. The Morgan fingerprint density at radius 3 is 3.00 bits per heavy atom. The number of pyridine rings is 1. The van der Waals surface area contributed by atoms with Crippen molar-refractivity contribution in [3.05, 3.63) is 30.2 Å². The van der Waals surface area contributed by atoms with Gasteiger partial charge in [-0.3, -0.25) is 4.98 Å². The van der Waals surface area contributed by atoms with Crippen molar-refractivity contribution in [1.29, 1.82) is 0 Å². The van der Waals surface area contributed by atoms with E-state index < -0.39 is 5.97 Å². The fourth-order valence-electron chi connectivity index (χ4n) is 1.41. The van der Waals surface area contributed by atoms with Crippen molar-refractivity contribution in [2.45, 2.75) is 0 Å². The lowest BCUT2D eigenvalue weighted by molar-refractivity contribution is 0.0698. The summed E-state index contributed by atoms with van der Waals surface area (Å²) in [5, 5.41) is 9.72. The Balaban J connectivity index is 2.88. The average Bonchev–Trinajstić information content (AvgIpc) is 2.48. The van der Waals surface area contributed by atoms with E-state index in [4.69, 9.17) is 5.11 Å². The number of hydrogen-bond donors (Lipinski definition) is 1. The Kier molecular flexibility index (Phi) is 1.55. The SMILES string of the molecule is Cn1ccc2cncc(C(=O)O)c21. The second-order valence-corrected chi connectivity index (χ2v) is 2.86. The molecule has 2 aromatic heterocycles. The molecule has 0 aliphatic carbocycles. The van der Waals surface area contributed by atoms with Crippen LogP contribution in [0, 0.1) is 0 Å². The highest BCUT2D eigenvalue weighted by molar-refractivity contribution is 6.01. The van der Waals surface area contributed by atoms with Gasteiger partial charge >= 0.3 is 5.97 Å². The smallest absolute Gasteiger partial charge is 0.339 e. The van der Waals surface area contributed by atoms with Crippen LogP contribution in [0.5, 0.6) is 0 Å². The number of aromatic nitrogens is 2. The lowest BCUT2D eigenvalue weighted by atomic mass is 10.2. The molecule has 0 bridgehead atoms. The zero-order valence-electron chi connectivity index (χ0n) is 7.06. The molecule has 0 aliphatic heterocycles. The molecule has 0 aromatic carbocycles. The summed E-state index contributed by atoms with van der Waals surface area (Å²) in [5.41, 5.74) is 0.951. The van der Waals surface area contributed by atoms with Crippen LogP contribution < -0.4 is 0 Å². The molecule has 0 unspecified atom stereocenters. The molecule has 0 fully saturated rings. The number of fused-ring (bicyclic) bond motifs is 1. The van der Waals surface area contributed by atoms with E-state index in [2.05, 4.69) is 4.98 Å². The summed E-state index contributed by atoms with van der Waals surface area (Å²) in [4.78, 5) is 14.7. The first kappa shape index (κ1) is 7.79. The van der Waals surface area contributed by atoms with Crippen LogP contribution in [-0.2, 0) is 7.05 Å². The number of rotatable bonds is 1. The molecule has 13 heavy (non-hydrogen) atoms. The molecule has 0 amide bonds. The maximum atomic E-state index is 10.8. The number of nitrogens with zero attached hydrogens (tertiary/aromatic N) is 2. The minimum Gasteiger partial charge on any atom is -0.478 e. The topological polar surface area (TPSA) is 55.1 Å². The van der Waals surface area contributed by atoms with E-state index in [9.17, 15) is 4.79 Å². The molecule has 0 saturated carbocycles. The van der Waals surface area contributed by atoms with Crippen LogP contribution in [0.25, 0.3) is 10.9 Å². The van der Waals surface area contributed by atoms with Crippen molar-refractivity contribution in [1.82, 2.24) is 9.55 Å². The molecule has 0 atom stereocenters. The van der Waals surface area contributed by atoms with E-state index in [0.29, 0.717) is 5.52 Å². The maximum Gasteiger partial charge on any atom is 0.339 e. The van der Waals surface area contributed by atoms with Gasteiger partial charge in [0, 0.05) is 31.0 Å². The molecule has 0 spiro atoms. The van der Waals surface area contributed by atoms with E-state index in [1.807, 2.05) is 19.3 Å². The lowest BCUT2D eigenvalue weighted by Gasteiger charge is -1.99. The molecule has 2 aromatic rings. The van der Waals surface area contributed by atoms with Crippen molar-refractivity contribution in [3.8, 4) is 0 Å². The second kappa shape index (κ2) is 2.58. The predicted octanol–water partition coefficient (Wildman–Crippen LogP) is 1.27. The number of carboxylic acid groups (broad SMARTS) is 1. The van der Waals surface area contributed by atoms with Crippen molar-refractivity contribution < 1.29 is 9.90 Å². The Hall–Kier alpha value is -1.84. The van der Waals surface area contributed by atoms with E-state index in [1.54, 1.807) is 10.8 Å². The molecule has 0 saturated heterocycles. The third kappa shape index (κ3) is 1.07. The lowest BCUT2D eigenvalue weighted by Crippen LogP contribution is -2.00. The summed E-state index contributed by atoms with van der Waals surface area (Å²) in [5.74, 6) is -0.945. The van der Waals surface area contributed by atoms with Gasteiger partial charge < -0.3 is 9.67 Å². The summed E-state index contributed by atoms with van der Waals surface area (Å²) >= 11 is 0. The predicted molar refractivity (Wildman–Crippen MR) is 47.7 cm³/mol. The van der Waals surface area contributed by atoms with Gasteiger partial charge in [-0.05, 0) is 6.07 Å². The maximum absolute atomic E-state index is 10.8. The van der Waals surface area contributed by atoms with Gasteiger partial charge in [0.25, 0.3) is 0 Å². The van der Waals surface area contributed by atoms with Crippen LogP contribution in [0.15, 0.2) is 24.7 Å². The zero-order chi connectivity index (χ0) is 9.42. The molecule has 66 valence electrons. The normalized spacial score (nSPS) is 10.5. The number of aromatic carboxylic acids is 1. The standard InChI is InChI=1S/C9H8N2O2/c1-11-3-2-6-4-10-5-7(8(6)11)9(12)13/h2-5H,1H3,(H,12,13). The number of carbonyl (C=O) groups is 1. The number of hydrogen-bond acceptors (Lipinski definition) is 2. The van der Waals surface area contributed by atoms with Gasteiger partial charge in [0.05, 0.1) is 5.52 Å². The summed E-state index contributed by atoms with van der Waals surface area (Å²) in [6.45, 7) is 0. The molecule has 4 heteroatoms. The molecule has 4 nitrogen and oxygen atoms in total. The second-order valence-electron chi connectivity index (χ2n) is 2.86. The van der Waals surface area contributed by atoms with Gasteiger partial charge in [0.2, 0.25) is 0 Å². The third-order valence-electron chi connectivity index (χ3n) is 2.01. The Labute approximate surface area is 74.4 Å². The van der Waals surface area contributed by atoms with Gasteiger partial charge in [-0.1, -0.05) is 0 Å². The van der Waals surface area contributed by atoms with Crippen LogP contribution in [0.4, 0.5) is 0 Å². The van der Waals surface area contributed by atoms with Crippen LogP contribution in [-0.4, -0.2) is 20.6 Å². The fourth-order valence-corrected chi connectivity index (χ4v) is 1.41. The first-order chi connectivity index (χ1) is 6.20. The van der Waals surface area contributed by atoms with Gasteiger partial charge in [-0.15, -0.1) is 0 Å². The van der Waals surface area contributed by atoms with Crippen LogP contribution in [0.2, 0.25) is 0 Å². The monoisotopic (exact) mass is 176 g/mol. The number of carboxylic acids is 1. The molecule has 0 aliphatic rings. The van der Waals surface area contributed by atoms with E-state index in [1.165, 1.54) is 6.20 Å². The van der Waals surface area contributed by atoms with Crippen molar-refractivity contribution >= 4 is 16.9 Å². The Morgan fingerprint density at radius 2 is 2.31 bits per heavy atom. The number of aryl methyl sites for hydroxylation is 1. The van der Waals surface area contributed by atoms with Crippen molar-refractivity contribution in [2.24, 2.45) is 7.05 Å². The molecule has 2 rings (SSSR count). The zero-order valence-corrected chi connectivity index (χ0v) is 7.06. The molecule has 1 N–H and O–H groups in total. The molecular weight excluding hydrogens is 168 g/mol. The quantitative estimate of drug-likeness (QED) is 0.711.